The Labute approximate surface area is 144 Å². The summed E-state index contributed by atoms with van der Waals surface area (Å²) in [6, 6.07) is 11.8. The molecule has 128 valence electrons. The number of aromatic nitrogens is 1. The number of nitrogens with one attached hydrogen (secondary N) is 2. The Balaban J connectivity index is 1.99. The number of para-hydroxylation sites is 1. The Kier molecular flexibility index (Phi) is 6.75. The molecule has 0 aliphatic heterocycles. The fourth-order valence-electron chi connectivity index (χ4n) is 2.43. The molecular formula is C19H26N4O. The molecule has 0 atom stereocenters. The normalized spacial score (nSPS) is 10.7. The zero-order valence-electron chi connectivity index (χ0n) is 14.7. The highest BCUT2D eigenvalue weighted by Gasteiger charge is 2.08. The van der Waals surface area contributed by atoms with E-state index in [1.807, 2.05) is 38.4 Å². The van der Waals surface area contributed by atoms with Crippen molar-refractivity contribution in [1.82, 2.24) is 15.2 Å². The highest BCUT2D eigenvalue weighted by Crippen LogP contribution is 2.21. The molecule has 0 saturated carbocycles. The van der Waals surface area contributed by atoms with Crippen LogP contribution in [0.25, 0.3) is 0 Å². The van der Waals surface area contributed by atoms with E-state index in [2.05, 4.69) is 33.5 Å². The number of rotatable bonds is 8. The average Bonchev–Trinajstić information content (AvgIpc) is 2.59. The van der Waals surface area contributed by atoms with Gasteiger partial charge in [-0.25, -0.2) is 0 Å². The van der Waals surface area contributed by atoms with Crippen molar-refractivity contribution < 1.29 is 4.79 Å². The first-order chi connectivity index (χ1) is 11.6. The van der Waals surface area contributed by atoms with Gasteiger partial charge in [0.25, 0.3) is 5.91 Å². The van der Waals surface area contributed by atoms with Gasteiger partial charge in [-0.15, -0.1) is 0 Å². The Morgan fingerprint density at radius 2 is 2.00 bits per heavy atom. The summed E-state index contributed by atoms with van der Waals surface area (Å²) in [5, 5.41) is 6.29. The van der Waals surface area contributed by atoms with Gasteiger partial charge < -0.3 is 15.5 Å². The van der Waals surface area contributed by atoms with Crippen LogP contribution in [0, 0.1) is 0 Å². The Bertz CT molecular complexity index is 670. The first kappa shape index (κ1) is 17.9. The number of hydrogen-bond acceptors (Lipinski definition) is 4. The number of hydrogen-bond donors (Lipinski definition) is 2. The van der Waals surface area contributed by atoms with E-state index in [1.165, 1.54) is 5.56 Å². The SMILES string of the molecule is CCc1ccccc1Nc1ccnc(C(=O)NCCCN(C)C)c1. The zero-order chi connectivity index (χ0) is 17.4. The van der Waals surface area contributed by atoms with Crippen molar-refractivity contribution in [2.24, 2.45) is 0 Å². The first-order valence-electron chi connectivity index (χ1n) is 8.34. The fourth-order valence-corrected chi connectivity index (χ4v) is 2.43. The van der Waals surface area contributed by atoms with Gasteiger partial charge in [-0.2, -0.15) is 0 Å². The van der Waals surface area contributed by atoms with Crippen molar-refractivity contribution in [3.8, 4) is 0 Å². The van der Waals surface area contributed by atoms with Gasteiger partial charge in [-0.05, 0) is 57.2 Å². The van der Waals surface area contributed by atoms with Gasteiger partial charge in [0.15, 0.2) is 0 Å². The molecule has 0 bridgehead atoms. The second-order valence-electron chi connectivity index (χ2n) is 5.98. The Morgan fingerprint density at radius 3 is 2.75 bits per heavy atom. The van der Waals surface area contributed by atoms with Gasteiger partial charge in [0.05, 0.1) is 0 Å². The van der Waals surface area contributed by atoms with Crippen LogP contribution in [0.1, 0.15) is 29.4 Å². The Hall–Kier alpha value is -2.40. The summed E-state index contributed by atoms with van der Waals surface area (Å²) in [5.41, 5.74) is 3.59. The second-order valence-corrected chi connectivity index (χ2v) is 5.98. The molecule has 5 nitrogen and oxygen atoms in total. The minimum Gasteiger partial charge on any atom is -0.355 e. The number of aryl methyl sites for hydroxylation is 1. The van der Waals surface area contributed by atoms with Gasteiger partial charge in [0.2, 0.25) is 0 Å². The highest BCUT2D eigenvalue weighted by atomic mass is 16.1. The predicted octanol–water partition coefficient (Wildman–Crippen LogP) is 3.07. The summed E-state index contributed by atoms with van der Waals surface area (Å²) in [6.45, 7) is 3.72. The van der Waals surface area contributed by atoms with Crippen molar-refractivity contribution >= 4 is 17.3 Å². The van der Waals surface area contributed by atoms with E-state index in [9.17, 15) is 4.79 Å². The predicted molar refractivity (Wildman–Crippen MR) is 98.8 cm³/mol. The summed E-state index contributed by atoms with van der Waals surface area (Å²) in [4.78, 5) is 18.5. The maximum absolute atomic E-state index is 12.2. The summed E-state index contributed by atoms with van der Waals surface area (Å²) < 4.78 is 0. The van der Waals surface area contributed by atoms with Crippen LogP contribution in [0.4, 0.5) is 11.4 Å². The lowest BCUT2D eigenvalue weighted by Gasteiger charge is -2.12. The molecule has 1 aromatic heterocycles. The van der Waals surface area contributed by atoms with E-state index in [-0.39, 0.29) is 5.91 Å². The van der Waals surface area contributed by atoms with Crippen LogP contribution in [0.2, 0.25) is 0 Å². The number of carbonyl (C=O) groups is 1. The van der Waals surface area contributed by atoms with Crippen molar-refractivity contribution in [2.75, 3.05) is 32.5 Å². The lowest BCUT2D eigenvalue weighted by atomic mass is 10.1. The molecule has 0 fully saturated rings. The smallest absolute Gasteiger partial charge is 0.269 e. The quantitative estimate of drug-likeness (QED) is 0.732. The minimum atomic E-state index is -0.138. The van der Waals surface area contributed by atoms with Gasteiger partial charge in [0.1, 0.15) is 5.69 Å². The molecule has 24 heavy (non-hydrogen) atoms. The first-order valence-corrected chi connectivity index (χ1v) is 8.34. The molecule has 1 amide bonds. The van der Waals surface area contributed by atoms with Crippen LogP contribution in [0.3, 0.4) is 0 Å². The molecule has 0 saturated heterocycles. The maximum atomic E-state index is 12.2. The third-order valence-electron chi connectivity index (χ3n) is 3.74. The van der Waals surface area contributed by atoms with Crippen LogP contribution in [-0.2, 0) is 6.42 Å². The van der Waals surface area contributed by atoms with Crippen molar-refractivity contribution in [1.29, 1.82) is 0 Å². The third-order valence-corrected chi connectivity index (χ3v) is 3.74. The second kappa shape index (κ2) is 9.03. The minimum absolute atomic E-state index is 0.138. The molecule has 2 rings (SSSR count). The van der Waals surface area contributed by atoms with Crippen molar-refractivity contribution in [2.45, 2.75) is 19.8 Å². The summed E-state index contributed by atoms with van der Waals surface area (Å²) in [6.07, 6.45) is 3.53. The average molecular weight is 326 g/mol. The molecule has 2 N–H and O–H groups in total. The van der Waals surface area contributed by atoms with Crippen molar-refractivity contribution in [3.63, 3.8) is 0 Å². The monoisotopic (exact) mass is 326 g/mol. The van der Waals surface area contributed by atoms with Crippen LogP contribution in [0.5, 0.6) is 0 Å². The largest absolute Gasteiger partial charge is 0.355 e. The van der Waals surface area contributed by atoms with E-state index in [1.54, 1.807) is 12.3 Å². The lowest BCUT2D eigenvalue weighted by molar-refractivity contribution is 0.0947. The topological polar surface area (TPSA) is 57.3 Å². The fraction of sp³-hybridized carbons (Fsp3) is 0.368. The lowest BCUT2D eigenvalue weighted by Crippen LogP contribution is -2.27. The maximum Gasteiger partial charge on any atom is 0.269 e. The molecule has 0 unspecified atom stereocenters. The number of benzene rings is 1. The molecule has 0 radical (unpaired) electrons. The van der Waals surface area contributed by atoms with Crippen LogP contribution >= 0.6 is 0 Å². The van der Waals surface area contributed by atoms with Gasteiger partial charge >= 0.3 is 0 Å². The van der Waals surface area contributed by atoms with Gasteiger partial charge in [-0.3, -0.25) is 9.78 Å². The van der Waals surface area contributed by atoms with Crippen LogP contribution in [-0.4, -0.2) is 43.0 Å². The van der Waals surface area contributed by atoms with Crippen LogP contribution < -0.4 is 10.6 Å². The van der Waals surface area contributed by atoms with E-state index >= 15 is 0 Å². The molecule has 2 aromatic rings. The number of pyridine rings is 1. The summed E-state index contributed by atoms with van der Waals surface area (Å²) in [7, 11) is 4.04. The summed E-state index contributed by atoms with van der Waals surface area (Å²) in [5.74, 6) is -0.138. The third kappa shape index (κ3) is 5.35. The van der Waals surface area contributed by atoms with Crippen LogP contribution in [0.15, 0.2) is 42.6 Å². The molecular weight excluding hydrogens is 300 g/mol. The number of anilines is 2. The summed E-state index contributed by atoms with van der Waals surface area (Å²) >= 11 is 0. The number of amides is 1. The van der Waals surface area contributed by atoms with Gasteiger partial charge in [0, 0.05) is 24.1 Å². The van der Waals surface area contributed by atoms with E-state index < -0.39 is 0 Å². The highest BCUT2D eigenvalue weighted by molar-refractivity contribution is 5.93. The van der Waals surface area contributed by atoms with E-state index in [0.29, 0.717) is 12.2 Å². The van der Waals surface area contributed by atoms with Crippen molar-refractivity contribution in [3.05, 3.63) is 53.9 Å². The molecule has 0 aliphatic rings. The zero-order valence-corrected chi connectivity index (χ0v) is 14.7. The molecule has 0 aliphatic carbocycles. The molecule has 1 aromatic carbocycles. The Morgan fingerprint density at radius 1 is 1.21 bits per heavy atom. The number of carbonyl (C=O) groups excluding carboxylic acids is 1. The molecule has 5 heteroatoms. The molecule has 0 spiro atoms. The van der Waals surface area contributed by atoms with E-state index in [0.717, 1.165) is 30.8 Å². The number of nitrogens with zero attached hydrogens (tertiary/aromatic N) is 2. The molecule has 1 heterocycles. The van der Waals surface area contributed by atoms with E-state index in [4.69, 9.17) is 0 Å². The standard InChI is InChI=1S/C19H26N4O/c1-4-15-8-5-6-9-17(15)22-16-10-12-20-18(14-16)19(24)21-11-7-13-23(2)3/h5-6,8-10,12,14H,4,7,11,13H2,1-3H3,(H,20,22)(H,21,24). The van der Waals surface area contributed by atoms with Gasteiger partial charge in [-0.1, -0.05) is 25.1 Å².